The van der Waals surface area contributed by atoms with Gasteiger partial charge in [-0.05, 0) is 73.2 Å². The fourth-order valence-electron chi connectivity index (χ4n) is 3.14. The van der Waals surface area contributed by atoms with E-state index in [1.54, 1.807) is 25.3 Å². The summed E-state index contributed by atoms with van der Waals surface area (Å²) in [5.74, 6) is 0.592. The van der Waals surface area contributed by atoms with Gasteiger partial charge < -0.3 is 15.4 Å². The number of anilines is 2. The molecule has 2 N–H and O–H groups in total. The lowest BCUT2D eigenvalue weighted by Gasteiger charge is -2.12. The Labute approximate surface area is 211 Å². The molecule has 0 unspecified atom stereocenters. The van der Waals surface area contributed by atoms with E-state index in [1.165, 1.54) is 11.3 Å². The fraction of sp³-hybridized carbons (Fsp3) is 0.0800. The van der Waals surface area contributed by atoms with Crippen molar-refractivity contribution in [3.8, 4) is 16.3 Å². The van der Waals surface area contributed by atoms with Crippen LogP contribution >= 0.6 is 34.5 Å². The van der Waals surface area contributed by atoms with Gasteiger partial charge in [0, 0.05) is 26.9 Å². The maximum absolute atomic E-state index is 12.4. The first-order valence-corrected chi connectivity index (χ1v) is 11.8. The molecule has 4 rings (SSSR count). The minimum atomic E-state index is -0.363. The molecule has 0 radical (unpaired) electrons. The molecule has 172 valence electrons. The highest BCUT2D eigenvalue weighted by Crippen LogP contribution is 2.29. The first kappa shape index (κ1) is 23.8. The highest BCUT2D eigenvalue weighted by atomic mass is 35.5. The zero-order valence-electron chi connectivity index (χ0n) is 18.3. The number of halogens is 2. The minimum Gasteiger partial charge on any atom is -0.495 e. The normalized spacial score (nSPS) is 10.9. The van der Waals surface area contributed by atoms with Crippen LogP contribution in [0, 0.1) is 6.92 Å². The van der Waals surface area contributed by atoms with Gasteiger partial charge in [-0.3, -0.25) is 0 Å². The molecule has 0 aliphatic heterocycles. The molecule has 2 amide bonds. The number of hydrogen-bond acceptors (Lipinski definition) is 5. The molecule has 0 spiro atoms. The van der Waals surface area contributed by atoms with Crippen molar-refractivity contribution >= 4 is 64.1 Å². The van der Waals surface area contributed by atoms with E-state index < -0.39 is 0 Å². The smallest absolute Gasteiger partial charge is 0.323 e. The number of amides is 2. The highest BCUT2D eigenvalue weighted by molar-refractivity contribution is 7.15. The van der Waals surface area contributed by atoms with Crippen LogP contribution in [0.25, 0.3) is 22.7 Å². The van der Waals surface area contributed by atoms with Crippen LogP contribution < -0.4 is 15.4 Å². The number of nitrogens with zero attached hydrogens (tertiary/aromatic N) is 2. The van der Waals surface area contributed by atoms with Crippen molar-refractivity contribution in [2.24, 2.45) is 0 Å². The van der Waals surface area contributed by atoms with E-state index in [0.717, 1.165) is 26.7 Å². The van der Waals surface area contributed by atoms with Gasteiger partial charge in [0.15, 0.2) is 0 Å². The van der Waals surface area contributed by atoms with Crippen LogP contribution in [0.4, 0.5) is 16.2 Å². The van der Waals surface area contributed by atoms with Crippen molar-refractivity contribution in [2.45, 2.75) is 6.92 Å². The number of rotatable bonds is 6. The van der Waals surface area contributed by atoms with Gasteiger partial charge in [-0.25, -0.2) is 4.79 Å². The third-order valence-corrected chi connectivity index (χ3v) is 6.42. The van der Waals surface area contributed by atoms with Gasteiger partial charge in [0.05, 0.1) is 12.8 Å². The lowest BCUT2D eigenvalue weighted by atomic mass is 10.2. The number of hydrogen-bond donors (Lipinski definition) is 2. The second kappa shape index (κ2) is 10.7. The molecular formula is C25H20Cl2N4O2S. The summed E-state index contributed by atoms with van der Waals surface area (Å²) in [5, 5.41) is 16.7. The van der Waals surface area contributed by atoms with Crippen LogP contribution in [-0.4, -0.2) is 23.3 Å². The Morgan fingerprint density at radius 3 is 2.41 bits per heavy atom. The average molecular weight is 511 g/mol. The molecule has 0 saturated carbocycles. The summed E-state index contributed by atoms with van der Waals surface area (Å²) in [4.78, 5) is 12.4. The molecule has 34 heavy (non-hydrogen) atoms. The van der Waals surface area contributed by atoms with Crippen LogP contribution in [0.2, 0.25) is 10.0 Å². The zero-order chi connectivity index (χ0) is 24.1. The predicted molar refractivity (Wildman–Crippen MR) is 141 cm³/mol. The topological polar surface area (TPSA) is 76.1 Å². The third-order valence-electron chi connectivity index (χ3n) is 4.83. The third kappa shape index (κ3) is 5.75. The van der Waals surface area contributed by atoms with E-state index in [2.05, 4.69) is 20.8 Å². The molecule has 0 atom stereocenters. The molecule has 1 heterocycles. The molecule has 0 aliphatic carbocycles. The molecule has 9 heteroatoms. The van der Waals surface area contributed by atoms with Crippen LogP contribution in [0.3, 0.4) is 0 Å². The Bertz CT molecular complexity index is 1330. The average Bonchev–Trinajstić information content (AvgIpc) is 3.28. The van der Waals surface area contributed by atoms with Gasteiger partial charge >= 0.3 is 6.03 Å². The summed E-state index contributed by atoms with van der Waals surface area (Å²) in [6, 6.07) is 18.0. The summed E-state index contributed by atoms with van der Waals surface area (Å²) in [6.07, 6.45) is 3.65. The maximum Gasteiger partial charge on any atom is 0.323 e. The zero-order valence-corrected chi connectivity index (χ0v) is 20.6. The van der Waals surface area contributed by atoms with Crippen LogP contribution in [0.1, 0.15) is 16.1 Å². The largest absolute Gasteiger partial charge is 0.495 e. The Balaban J connectivity index is 1.41. The van der Waals surface area contributed by atoms with E-state index in [9.17, 15) is 4.79 Å². The van der Waals surface area contributed by atoms with Gasteiger partial charge in [-0.2, -0.15) is 0 Å². The summed E-state index contributed by atoms with van der Waals surface area (Å²) in [7, 11) is 1.56. The van der Waals surface area contributed by atoms with Crippen molar-refractivity contribution in [3.63, 3.8) is 0 Å². The Morgan fingerprint density at radius 1 is 0.971 bits per heavy atom. The van der Waals surface area contributed by atoms with Crippen molar-refractivity contribution < 1.29 is 9.53 Å². The number of aryl methyl sites for hydroxylation is 1. The van der Waals surface area contributed by atoms with Gasteiger partial charge in [-0.15, -0.1) is 10.2 Å². The standard InChI is InChI=1S/C25H20Cl2N4O2S/c1-15-6-12-22(33-2)21(14-15)29-25(32)28-17-9-7-16(8-10-17)24-31-30-23(34-24)13-11-18-19(26)4-3-5-20(18)27/h3-14H,1-2H3,(H2,28,29,32)/b13-11+. The number of nitrogens with one attached hydrogen (secondary N) is 2. The molecule has 0 fully saturated rings. The SMILES string of the molecule is COc1ccc(C)cc1NC(=O)Nc1ccc(-c2nnc(/C=C/c3c(Cl)cccc3Cl)s2)cc1. The molecule has 0 saturated heterocycles. The van der Waals surface area contributed by atoms with Crippen LogP contribution in [0.5, 0.6) is 5.75 Å². The number of urea groups is 1. The number of carbonyl (C=O) groups is 1. The number of carbonyl (C=O) groups excluding carboxylic acids is 1. The van der Waals surface area contributed by atoms with E-state index in [1.807, 2.05) is 61.5 Å². The number of ether oxygens (including phenoxy) is 1. The van der Waals surface area contributed by atoms with Gasteiger partial charge in [0.25, 0.3) is 0 Å². The first-order chi connectivity index (χ1) is 16.4. The molecule has 1 aromatic heterocycles. The second-order valence-corrected chi connectivity index (χ2v) is 9.10. The Hall–Kier alpha value is -3.39. The molecular weight excluding hydrogens is 491 g/mol. The quantitative estimate of drug-likeness (QED) is 0.279. The summed E-state index contributed by atoms with van der Waals surface area (Å²) < 4.78 is 5.30. The van der Waals surface area contributed by atoms with Crippen molar-refractivity contribution in [1.29, 1.82) is 0 Å². The molecule has 4 aromatic rings. The maximum atomic E-state index is 12.4. The lowest BCUT2D eigenvalue weighted by Crippen LogP contribution is -2.19. The molecule has 3 aromatic carbocycles. The number of aromatic nitrogens is 2. The molecule has 0 bridgehead atoms. The lowest BCUT2D eigenvalue weighted by molar-refractivity contribution is 0.262. The van der Waals surface area contributed by atoms with Gasteiger partial charge in [-0.1, -0.05) is 46.7 Å². The number of benzene rings is 3. The Kier molecular flexibility index (Phi) is 7.47. The fourth-order valence-corrected chi connectivity index (χ4v) is 4.42. The molecule has 6 nitrogen and oxygen atoms in total. The first-order valence-electron chi connectivity index (χ1n) is 10.2. The van der Waals surface area contributed by atoms with Crippen LogP contribution in [-0.2, 0) is 0 Å². The van der Waals surface area contributed by atoms with Crippen molar-refractivity contribution in [1.82, 2.24) is 10.2 Å². The van der Waals surface area contributed by atoms with E-state index in [4.69, 9.17) is 27.9 Å². The van der Waals surface area contributed by atoms with Crippen molar-refractivity contribution in [3.05, 3.63) is 86.8 Å². The minimum absolute atomic E-state index is 0.363. The summed E-state index contributed by atoms with van der Waals surface area (Å²) in [5.41, 5.74) is 3.88. The highest BCUT2D eigenvalue weighted by Gasteiger charge is 2.10. The monoisotopic (exact) mass is 510 g/mol. The second-order valence-electron chi connectivity index (χ2n) is 7.27. The van der Waals surface area contributed by atoms with Gasteiger partial charge in [0.2, 0.25) is 0 Å². The van der Waals surface area contributed by atoms with Crippen LogP contribution in [0.15, 0.2) is 60.7 Å². The van der Waals surface area contributed by atoms with E-state index in [-0.39, 0.29) is 6.03 Å². The molecule has 0 aliphatic rings. The summed E-state index contributed by atoms with van der Waals surface area (Å²) >= 11 is 13.8. The Morgan fingerprint density at radius 2 is 1.71 bits per heavy atom. The summed E-state index contributed by atoms with van der Waals surface area (Å²) in [6.45, 7) is 1.95. The predicted octanol–water partition coefficient (Wildman–Crippen LogP) is 7.64. The van der Waals surface area contributed by atoms with E-state index in [0.29, 0.717) is 27.2 Å². The number of methoxy groups -OCH3 is 1. The van der Waals surface area contributed by atoms with E-state index >= 15 is 0 Å². The van der Waals surface area contributed by atoms with Crippen molar-refractivity contribution in [2.75, 3.05) is 17.7 Å². The van der Waals surface area contributed by atoms with Gasteiger partial charge in [0.1, 0.15) is 15.8 Å².